The van der Waals surface area contributed by atoms with Gasteiger partial charge in [0.25, 0.3) is 5.69 Å². The highest BCUT2D eigenvalue weighted by Gasteiger charge is 2.15. The van der Waals surface area contributed by atoms with Crippen molar-refractivity contribution in [3.8, 4) is 11.3 Å². The van der Waals surface area contributed by atoms with Crippen molar-refractivity contribution in [2.24, 2.45) is 0 Å². The molecule has 6 nitrogen and oxygen atoms in total. The van der Waals surface area contributed by atoms with E-state index in [2.05, 4.69) is 21.1 Å². The van der Waals surface area contributed by atoms with Gasteiger partial charge in [0.15, 0.2) is 5.76 Å². The third kappa shape index (κ3) is 1.76. The first kappa shape index (κ1) is 10.6. The van der Waals surface area contributed by atoms with Gasteiger partial charge in [0.05, 0.1) is 11.1 Å². The van der Waals surface area contributed by atoms with E-state index < -0.39 is 4.92 Å². The number of nitro benzene ring substituents is 1. The van der Waals surface area contributed by atoms with Crippen LogP contribution < -0.4 is 5.73 Å². The van der Waals surface area contributed by atoms with E-state index in [-0.39, 0.29) is 5.69 Å². The zero-order valence-electron chi connectivity index (χ0n) is 7.88. The van der Waals surface area contributed by atoms with Crippen molar-refractivity contribution in [3.63, 3.8) is 0 Å². The molecule has 1 aromatic carbocycles. The molecule has 2 N–H and O–H groups in total. The number of nitrogens with two attached hydrogens (primary N) is 1. The minimum Gasteiger partial charge on any atom is -0.394 e. The van der Waals surface area contributed by atoms with Gasteiger partial charge in [-0.3, -0.25) is 10.1 Å². The predicted octanol–water partition coefficient (Wildman–Crippen LogP) is 2.59. The van der Waals surface area contributed by atoms with E-state index in [1.165, 1.54) is 18.3 Å². The average Bonchev–Trinajstić information content (AvgIpc) is 2.64. The summed E-state index contributed by atoms with van der Waals surface area (Å²) in [4.78, 5) is 10.1. The van der Waals surface area contributed by atoms with Crippen molar-refractivity contribution in [2.75, 3.05) is 5.73 Å². The zero-order valence-corrected chi connectivity index (χ0v) is 9.47. The largest absolute Gasteiger partial charge is 0.394 e. The first-order valence-electron chi connectivity index (χ1n) is 4.24. The molecule has 7 heteroatoms. The Kier molecular flexibility index (Phi) is 2.61. The summed E-state index contributed by atoms with van der Waals surface area (Å²) < 4.78 is 5.49. The fraction of sp³-hybridized carbons (Fsp3) is 0. The van der Waals surface area contributed by atoms with Crippen LogP contribution in [-0.2, 0) is 0 Å². The Morgan fingerprint density at radius 1 is 1.50 bits per heavy atom. The molecule has 2 rings (SSSR count). The quantitative estimate of drug-likeness (QED) is 0.675. The van der Waals surface area contributed by atoms with E-state index >= 15 is 0 Å². The number of hydrogen-bond donors (Lipinski definition) is 1. The van der Waals surface area contributed by atoms with Gasteiger partial charge in [-0.05, 0) is 22.0 Å². The smallest absolute Gasteiger partial charge is 0.270 e. The molecule has 0 aliphatic heterocycles. The molecule has 0 unspecified atom stereocenters. The van der Waals surface area contributed by atoms with Crippen LogP contribution in [0.4, 0.5) is 11.4 Å². The van der Waals surface area contributed by atoms with E-state index in [4.69, 9.17) is 10.3 Å². The monoisotopic (exact) mass is 283 g/mol. The minimum absolute atomic E-state index is 0.00582. The fourth-order valence-electron chi connectivity index (χ4n) is 1.25. The molecule has 1 heterocycles. The van der Waals surface area contributed by atoms with E-state index in [0.29, 0.717) is 21.5 Å². The van der Waals surface area contributed by atoms with Crippen molar-refractivity contribution in [1.29, 1.82) is 0 Å². The summed E-state index contributed by atoms with van der Waals surface area (Å²) >= 11 is 3.22. The Morgan fingerprint density at radius 3 is 2.75 bits per heavy atom. The molecule has 0 amide bonds. The van der Waals surface area contributed by atoms with Crippen LogP contribution in [0.1, 0.15) is 0 Å². The molecular formula is C9H6BrN3O3. The number of non-ortho nitro benzene ring substituents is 1. The molecule has 0 saturated carbocycles. The topological polar surface area (TPSA) is 95.2 Å². The first-order chi connectivity index (χ1) is 7.59. The second-order valence-electron chi connectivity index (χ2n) is 3.03. The lowest BCUT2D eigenvalue weighted by molar-refractivity contribution is -0.384. The van der Waals surface area contributed by atoms with Gasteiger partial charge in [-0.1, -0.05) is 5.16 Å². The summed E-state index contributed by atoms with van der Waals surface area (Å²) in [6.07, 6.45) is 1.38. The predicted molar refractivity (Wildman–Crippen MR) is 60.7 cm³/mol. The SMILES string of the molecule is Nc1cnoc1-c1ccc([N+](=O)[O-])cc1Br. The second-order valence-corrected chi connectivity index (χ2v) is 3.89. The Morgan fingerprint density at radius 2 is 2.25 bits per heavy atom. The number of hydrogen-bond acceptors (Lipinski definition) is 5. The van der Waals surface area contributed by atoms with E-state index in [9.17, 15) is 10.1 Å². The standard InChI is InChI=1S/C9H6BrN3O3/c10-7-3-5(13(14)15)1-2-6(7)9-8(11)4-12-16-9/h1-4H,11H2. The number of rotatable bonds is 2. The molecule has 0 spiro atoms. The van der Waals surface area contributed by atoms with Crippen molar-refractivity contribution < 1.29 is 9.45 Å². The number of nitrogens with zero attached hydrogens (tertiary/aromatic N) is 2. The maximum atomic E-state index is 10.5. The van der Waals surface area contributed by atoms with Crippen molar-refractivity contribution in [3.05, 3.63) is 39.0 Å². The number of nitrogen functional groups attached to an aromatic ring is 1. The summed E-state index contributed by atoms with van der Waals surface area (Å²) in [5, 5.41) is 14.1. The Balaban J connectivity index is 2.52. The molecule has 0 fully saturated rings. The summed E-state index contributed by atoms with van der Waals surface area (Å²) in [6, 6.07) is 4.32. The minimum atomic E-state index is -0.474. The van der Waals surface area contributed by atoms with Crippen LogP contribution in [0.3, 0.4) is 0 Å². The lowest BCUT2D eigenvalue weighted by Crippen LogP contribution is -1.90. The van der Waals surface area contributed by atoms with Gasteiger partial charge in [-0.25, -0.2) is 0 Å². The average molecular weight is 284 g/mol. The Labute approximate surface area is 98.3 Å². The lowest BCUT2D eigenvalue weighted by atomic mass is 10.1. The van der Waals surface area contributed by atoms with E-state index in [1.54, 1.807) is 6.07 Å². The molecule has 0 aliphatic carbocycles. The van der Waals surface area contributed by atoms with Crippen LogP contribution in [0.15, 0.2) is 33.4 Å². The summed E-state index contributed by atoms with van der Waals surface area (Å²) in [7, 11) is 0. The van der Waals surface area contributed by atoms with Gasteiger partial charge in [-0.15, -0.1) is 0 Å². The fourth-order valence-corrected chi connectivity index (χ4v) is 1.80. The number of aromatic nitrogens is 1. The normalized spacial score (nSPS) is 10.3. The van der Waals surface area contributed by atoms with Gasteiger partial charge in [0.1, 0.15) is 5.69 Å². The van der Waals surface area contributed by atoms with Gasteiger partial charge in [0, 0.05) is 22.2 Å². The van der Waals surface area contributed by atoms with Crippen molar-refractivity contribution in [2.45, 2.75) is 0 Å². The van der Waals surface area contributed by atoms with Gasteiger partial charge in [0.2, 0.25) is 0 Å². The highest BCUT2D eigenvalue weighted by atomic mass is 79.9. The van der Waals surface area contributed by atoms with Crippen LogP contribution in [0.5, 0.6) is 0 Å². The highest BCUT2D eigenvalue weighted by Crippen LogP contribution is 2.34. The Hall–Kier alpha value is -1.89. The first-order valence-corrected chi connectivity index (χ1v) is 5.03. The summed E-state index contributed by atoms with van der Waals surface area (Å²) in [5.41, 5.74) is 6.63. The molecule has 0 atom stereocenters. The third-order valence-corrected chi connectivity index (χ3v) is 2.66. The van der Waals surface area contributed by atoms with Gasteiger partial charge < -0.3 is 10.3 Å². The number of anilines is 1. The van der Waals surface area contributed by atoms with E-state index in [1.807, 2.05) is 0 Å². The van der Waals surface area contributed by atoms with Crippen LogP contribution in [0.25, 0.3) is 11.3 Å². The number of halogens is 1. The van der Waals surface area contributed by atoms with Crippen LogP contribution in [0.2, 0.25) is 0 Å². The van der Waals surface area contributed by atoms with Gasteiger partial charge >= 0.3 is 0 Å². The van der Waals surface area contributed by atoms with Crippen LogP contribution in [-0.4, -0.2) is 10.1 Å². The highest BCUT2D eigenvalue weighted by molar-refractivity contribution is 9.10. The maximum absolute atomic E-state index is 10.5. The summed E-state index contributed by atoms with van der Waals surface area (Å²) in [5.74, 6) is 0.391. The molecule has 0 bridgehead atoms. The molecule has 1 aromatic heterocycles. The number of benzene rings is 1. The number of nitro groups is 1. The van der Waals surface area contributed by atoms with Crippen LogP contribution in [0, 0.1) is 10.1 Å². The van der Waals surface area contributed by atoms with Crippen LogP contribution >= 0.6 is 15.9 Å². The maximum Gasteiger partial charge on any atom is 0.270 e. The molecular weight excluding hydrogens is 278 g/mol. The molecule has 82 valence electrons. The molecule has 0 radical (unpaired) electrons. The van der Waals surface area contributed by atoms with Gasteiger partial charge in [-0.2, -0.15) is 0 Å². The van der Waals surface area contributed by atoms with E-state index in [0.717, 1.165) is 0 Å². The molecule has 0 aliphatic rings. The Bertz CT molecular complexity index is 553. The zero-order chi connectivity index (χ0) is 11.7. The molecule has 0 saturated heterocycles. The molecule has 16 heavy (non-hydrogen) atoms. The lowest BCUT2D eigenvalue weighted by Gasteiger charge is -2.00. The van der Waals surface area contributed by atoms with Crippen molar-refractivity contribution >= 4 is 27.3 Å². The molecule has 2 aromatic rings. The third-order valence-electron chi connectivity index (χ3n) is 2.01. The second kappa shape index (κ2) is 3.93. The van der Waals surface area contributed by atoms with Crippen molar-refractivity contribution in [1.82, 2.24) is 5.16 Å². The summed E-state index contributed by atoms with van der Waals surface area (Å²) in [6.45, 7) is 0.